The van der Waals surface area contributed by atoms with Crippen molar-refractivity contribution in [2.75, 3.05) is 11.6 Å². The van der Waals surface area contributed by atoms with Crippen molar-refractivity contribution in [3.63, 3.8) is 0 Å². The van der Waals surface area contributed by atoms with Crippen molar-refractivity contribution in [3.05, 3.63) is 30.2 Å². The predicted octanol–water partition coefficient (Wildman–Crippen LogP) is 2.55. The van der Waals surface area contributed by atoms with Gasteiger partial charge in [-0.15, -0.1) is 16.9 Å². The third-order valence-electron chi connectivity index (χ3n) is 2.15. The maximum atomic E-state index is 5.64. The van der Waals surface area contributed by atoms with Gasteiger partial charge >= 0.3 is 6.01 Å². The number of hydrogen-bond acceptors (Lipinski definition) is 6. The summed E-state index contributed by atoms with van der Waals surface area (Å²) in [5.74, 6) is 0.425. The van der Waals surface area contributed by atoms with Crippen LogP contribution in [0.4, 0.5) is 11.7 Å². The van der Waals surface area contributed by atoms with E-state index in [9.17, 15) is 0 Å². The number of nitrogens with two attached hydrogens (primary N) is 1. The Hall–Kier alpha value is -1.53. The van der Waals surface area contributed by atoms with E-state index in [2.05, 4.69) is 15.5 Å². The molecule has 0 fully saturated rings. The SMILES string of the molecule is CSc1cccc(Nc2nnc(C(C)N)o2)c1. The van der Waals surface area contributed by atoms with Gasteiger partial charge in [-0.1, -0.05) is 11.2 Å². The molecule has 3 N–H and O–H groups in total. The first-order chi connectivity index (χ1) is 8.19. The van der Waals surface area contributed by atoms with Crippen molar-refractivity contribution >= 4 is 23.5 Å². The molecule has 0 aliphatic carbocycles. The second-order valence-electron chi connectivity index (χ2n) is 3.59. The van der Waals surface area contributed by atoms with Crippen molar-refractivity contribution in [3.8, 4) is 0 Å². The van der Waals surface area contributed by atoms with Crippen molar-refractivity contribution in [2.45, 2.75) is 17.9 Å². The molecule has 17 heavy (non-hydrogen) atoms. The highest BCUT2D eigenvalue weighted by atomic mass is 32.2. The lowest BCUT2D eigenvalue weighted by molar-refractivity contribution is 0.475. The van der Waals surface area contributed by atoms with Gasteiger partial charge < -0.3 is 15.5 Å². The van der Waals surface area contributed by atoms with Gasteiger partial charge in [0.05, 0.1) is 6.04 Å². The highest BCUT2D eigenvalue weighted by molar-refractivity contribution is 7.98. The summed E-state index contributed by atoms with van der Waals surface area (Å²) in [4.78, 5) is 1.17. The van der Waals surface area contributed by atoms with Crippen molar-refractivity contribution < 1.29 is 4.42 Å². The van der Waals surface area contributed by atoms with Crippen LogP contribution in [-0.2, 0) is 0 Å². The monoisotopic (exact) mass is 250 g/mol. The number of aromatic nitrogens is 2. The summed E-state index contributed by atoms with van der Waals surface area (Å²) in [5.41, 5.74) is 6.55. The van der Waals surface area contributed by atoms with Crippen LogP contribution in [-0.4, -0.2) is 16.5 Å². The Morgan fingerprint density at radius 1 is 1.41 bits per heavy atom. The lowest BCUT2D eigenvalue weighted by Crippen LogP contribution is -2.04. The van der Waals surface area contributed by atoms with Crippen LogP contribution < -0.4 is 11.1 Å². The lowest BCUT2D eigenvalue weighted by atomic mass is 10.3. The third-order valence-corrected chi connectivity index (χ3v) is 2.88. The summed E-state index contributed by atoms with van der Waals surface area (Å²) < 4.78 is 5.36. The molecule has 1 unspecified atom stereocenters. The smallest absolute Gasteiger partial charge is 0.320 e. The van der Waals surface area contributed by atoms with Gasteiger partial charge in [-0.25, -0.2) is 0 Å². The molecule has 6 heteroatoms. The molecule has 0 saturated carbocycles. The molecule has 90 valence electrons. The molecule has 1 aromatic carbocycles. The normalized spacial score (nSPS) is 12.4. The Labute approximate surface area is 104 Å². The van der Waals surface area contributed by atoms with E-state index in [4.69, 9.17) is 10.2 Å². The molecule has 1 atom stereocenters. The van der Waals surface area contributed by atoms with Crippen molar-refractivity contribution in [2.24, 2.45) is 5.73 Å². The number of nitrogens with zero attached hydrogens (tertiary/aromatic N) is 2. The number of benzene rings is 1. The third kappa shape index (κ3) is 2.98. The Bertz CT molecular complexity index is 498. The predicted molar refractivity (Wildman–Crippen MR) is 68.4 cm³/mol. The number of hydrogen-bond donors (Lipinski definition) is 2. The van der Waals surface area contributed by atoms with Gasteiger partial charge in [-0.2, -0.15) is 0 Å². The van der Waals surface area contributed by atoms with Gasteiger partial charge in [0.2, 0.25) is 5.89 Å². The highest BCUT2D eigenvalue weighted by Crippen LogP contribution is 2.22. The minimum absolute atomic E-state index is 0.254. The molecular formula is C11H14N4OS. The minimum atomic E-state index is -0.254. The Kier molecular flexibility index (Phi) is 3.65. The fraction of sp³-hybridized carbons (Fsp3) is 0.273. The van der Waals surface area contributed by atoms with E-state index in [1.54, 1.807) is 18.7 Å². The average molecular weight is 250 g/mol. The van der Waals surface area contributed by atoms with Gasteiger partial charge in [0, 0.05) is 10.6 Å². The van der Waals surface area contributed by atoms with Crippen LogP contribution in [0.2, 0.25) is 0 Å². The van der Waals surface area contributed by atoms with Crippen LogP contribution in [0.25, 0.3) is 0 Å². The molecular weight excluding hydrogens is 236 g/mol. The van der Waals surface area contributed by atoms with Gasteiger partial charge in [0.1, 0.15) is 0 Å². The first kappa shape index (κ1) is 11.9. The molecule has 2 rings (SSSR count). The maximum Gasteiger partial charge on any atom is 0.320 e. The van der Waals surface area contributed by atoms with Crippen LogP contribution in [0.15, 0.2) is 33.6 Å². The summed E-state index contributed by atoms with van der Waals surface area (Å²) in [6.45, 7) is 1.80. The minimum Gasteiger partial charge on any atom is -0.406 e. The summed E-state index contributed by atoms with van der Waals surface area (Å²) in [7, 11) is 0. The van der Waals surface area contributed by atoms with Gasteiger partial charge in [0.25, 0.3) is 0 Å². The Morgan fingerprint density at radius 2 is 2.24 bits per heavy atom. The van der Waals surface area contributed by atoms with Crippen molar-refractivity contribution in [1.29, 1.82) is 0 Å². The number of anilines is 2. The summed E-state index contributed by atoms with van der Waals surface area (Å²) in [6, 6.07) is 8.07. The first-order valence-electron chi connectivity index (χ1n) is 5.19. The van der Waals surface area contributed by atoms with Crippen LogP contribution in [0.3, 0.4) is 0 Å². The molecule has 0 saturated heterocycles. The lowest BCUT2D eigenvalue weighted by Gasteiger charge is -2.02. The van der Waals surface area contributed by atoms with Gasteiger partial charge in [-0.3, -0.25) is 0 Å². The molecule has 5 nitrogen and oxygen atoms in total. The van der Waals surface area contributed by atoms with Crippen LogP contribution >= 0.6 is 11.8 Å². The molecule has 0 amide bonds. The van der Waals surface area contributed by atoms with Crippen LogP contribution in [0.5, 0.6) is 0 Å². The van der Waals surface area contributed by atoms with Crippen LogP contribution in [0, 0.1) is 0 Å². The second kappa shape index (κ2) is 5.20. The first-order valence-corrected chi connectivity index (χ1v) is 6.41. The maximum absolute atomic E-state index is 5.64. The second-order valence-corrected chi connectivity index (χ2v) is 4.47. The zero-order valence-corrected chi connectivity index (χ0v) is 10.5. The van der Waals surface area contributed by atoms with E-state index in [0.29, 0.717) is 11.9 Å². The van der Waals surface area contributed by atoms with E-state index >= 15 is 0 Å². The molecule has 1 heterocycles. The van der Waals surface area contributed by atoms with E-state index in [-0.39, 0.29) is 6.04 Å². The molecule has 0 spiro atoms. The number of nitrogens with one attached hydrogen (secondary N) is 1. The van der Waals surface area contributed by atoms with Gasteiger partial charge in [-0.05, 0) is 31.4 Å². The number of thioether (sulfide) groups is 1. The quantitative estimate of drug-likeness (QED) is 0.812. The highest BCUT2D eigenvalue weighted by Gasteiger charge is 2.09. The average Bonchev–Trinajstić information content (AvgIpc) is 2.78. The van der Waals surface area contributed by atoms with E-state index in [1.807, 2.05) is 30.5 Å². The zero-order chi connectivity index (χ0) is 12.3. The van der Waals surface area contributed by atoms with Crippen molar-refractivity contribution in [1.82, 2.24) is 10.2 Å². The molecule has 0 radical (unpaired) electrons. The van der Waals surface area contributed by atoms with Crippen LogP contribution in [0.1, 0.15) is 18.9 Å². The summed E-state index contributed by atoms with van der Waals surface area (Å²) >= 11 is 1.68. The summed E-state index contributed by atoms with van der Waals surface area (Å²) in [6.07, 6.45) is 2.03. The fourth-order valence-corrected chi connectivity index (χ4v) is 1.75. The fourth-order valence-electron chi connectivity index (χ4n) is 1.29. The molecule has 2 aromatic rings. The Balaban J connectivity index is 2.13. The summed E-state index contributed by atoms with van der Waals surface area (Å²) in [5, 5.41) is 10.8. The van der Waals surface area contributed by atoms with Gasteiger partial charge in [0.15, 0.2) is 0 Å². The zero-order valence-electron chi connectivity index (χ0n) is 9.68. The molecule has 0 aliphatic rings. The molecule has 1 aromatic heterocycles. The van der Waals surface area contributed by atoms with E-state index in [1.165, 1.54) is 4.90 Å². The molecule has 0 aliphatic heterocycles. The standard InChI is InChI=1S/C11H14N4OS/c1-7(12)10-14-15-11(16-10)13-8-4-3-5-9(6-8)17-2/h3-7H,12H2,1-2H3,(H,13,15). The largest absolute Gasteiger partial charge is 0.406 e. The van der Waals surface area contributed by atoms with E-state index < -0.39 is 0 Å². The topological polar surface area (TPSA) is 77.0 Å². The van der Waals surface area contributed by atoms with E-state index in [0.717, 1.165) is 5.69 Å². The number of rotatable bonds is 4. The molecule has 0 bridgehead atoms. The Morgan fingerprint density at radius 3 is 2.88 bits per heavy atom.